The molecule has 2 aliphatic rings. The number of piperazine rings is 1. The lowest BCUT2D eigenvalue weighted by molar-refractivity contribution is -0.753. The van der Waals surface area contributed by atoms with E-state index in [1.54, 1.807) is 29.2 Å². The fourth-order valence-corrected chi connectivity index (χ4v) is 6.59. The fraction of sp³-hybridized carbons (Fsp3) is 0.515. The number of carbonyl (C=O) groups excluding carboxylic acids is 3. The van der Waals surface area contributed by atoms with E-state index in [4.69, 9.17) is 0 Å². The van der Waals surface area contributed by atoms with Gasteiger partial charge in [0.15, 0.2) is 0 Å². The van der Waals surface area contributed by atoms with Crippen LogP contribution in [0.4, 0.5) is 4.79 Å². The zero-order valence-corrected chi connectivity index (χ0v) is 25.5. The maximum Gasteiger partial charge on any atom is 0.521 e. The summed E-state index contributed by atoms with van der Waals surface area (Å²) in [6.45, 7) is 4.88. The molecule has 4 amide bonds. The van der Waals surface area contributed by atoms with Crippen molar-refractivity contribution in [2.24, 2.45) is 11.8 Å². The molecule has 2 N–H and O–H groups in total. The zero-order chi connectivity index (χ0) is 30.6. The lowest BCUT2D eigenvalue weighted by Crippen LogP contribution is -2.66. The lowest BCUT2D eigenvalue weighted by atomic mass is 9.85. The van der Waals surface area contributed by atoms with Gasteiger partial charge in [-0.05, 0) is 61.5 Å². The highest BCUT2D eigenvalue weighted by Crippen LogP contribution is 2.34. The first-order valence-electron chi connectivity index (χ1n) is 15.1. The van der Waals surface area contributed by atoms with Gasteiger partial charge < -0.3 is 20.2 Å². The minimum atomic E-state index is -1.22. The number of nitrogens with one attached hydrogen (secondary N) is 1. The smallest absolute Gasteiger partial charge is 0.435 e. The van der Waals surface area contributed by atoms with E-state index in [0.717, 1.165) is 12.8 Å². The number of benzene rings is 2. The van der Waals surface area contributed by atoms with E-state index in [2.05, 4.69) is 17.4 Å². The van der Waals surface area contributed by atoms with Crippen LogP contribution in [0.5, 0.6) is 0 Å². The molecule has 9 nitrogen and oxygen atoms in total. The molecule has 0 radical (unpaired) electrons. The molecule has 0 spiro atoms. The van der Waals surface area contributed by atoms with E-state index in [1.165, 1.54) is 18.2 Å². The number of imide groups is 1. The third kappa shape index (κ3) is 6.27. The number of fused-ring (bicyclic) bond motifs is 1. The molecule has 2 aromatic rings. The van der Waals surface area contributed by atoms with Crippen LogP contribution in [0.15, 0.2) is 48.5 Å². The third-order valence-electron chi connectivity index (χ3n) is 9.17. The van der Waals surface area contributed by atoms with Gasteiger partial charge in [0.05, 0.1) is 19.2 Å². The van der Waals surface area contributed by atoms with E-state index >= 15 is 0 Å². The molecule has 0 aromatic heterocycles. The van der Waals surface area contributed by atoms with E-state index in [-0.39, 0.29) is 42.3 Å². The molecule has 3 atom stereocenters. The molecule has 1 aliphatic carbocycles. The number of nitrogens with zero attached hydrogens (tertiary/aromatic N) is 3. The lowest BCUT2D eigenvalue weighted by Gasteiger charge is -2.44. The first-order chi connectivity index (χ1) is 20.0. The van der Waals surface area contributed by atoms with Crippen molar-refractivity contribution < 1.29 is 28.8 Å². The second kappa shape index (κ2) is 13.2. The largest absolute Gasteiger partial charge is 0.521 e. The first-order valence-corrected chi connectivity index (χ1v) is 15.1. The van der Waals surface area contributed by atoms with Crippen molar-refractivity contribution in [2.45, 2.75) is 64.6 Å². The molecular formula is C33H45N4O5+. The highest BCUT2D eigenvalue weighted by atomic mass is 16.4. The maximum atomic E-state index is 14.3. The monoisotopic (exact) mass is 577 g/mol. The first kappa shape index (κ1) is 31.4. The number of quaternary nitrogens is 1. The third-order valence-corrected chi connectivity index (χ3v) is 9.17. The Morgan fingerprint density at radius 3 is 2.19 bits per heavy atom. The van der Waals surface area contributed by atoms with Crippen LogP contribution in [0.1, 0.15) is 60.2 Å². The summed E-state index contributed by atoms with van der Waals surface area (Å²) in [6, 6.07) is 13.7. The number of hydrogen-bond acceptors (Lipinski definition) is 5. The van der Waals surface area contributed by atoms with Crippen LogP contribution in [-0.4, -0.2) is 89.5 Å². The fourth-order valence-electron chi connectivity index (χ4n) is 6.59. The van der Waals surface area contributed by atoms with E-state index in [1.807, 2.05) is 45.0 Å². The maximum absolute atomic E-state index is 14.3. The van der Waals surface area contributed by atoms with E-state index in [9.17, 15) is 24.3 Å². The van der Waals surface area contributed by atoms with Gasteiger partial charge in [-0.25, -0.2) is 4.79 Å². The van der Waals surface area contributed by atoms with Crippen molar-refractivity contribution in [1.29, 1.82) is 0 Å². The Bertz CT molecular complexity index is 1300. The summed E-state index contributed by atoms with van der Waals surface area (Å²) in [5, 5.41) is 13.2. The van der Waals surface area contributed by atoms with E-state index < -0.39 is 28.6 Å². The summed E-state index contributed by atoms with van der Waals surface area (Å²) >= 11 is 0. The Balaban J connectivity index is 1.67. The molecule has 1 heterocycles. The number of amides is 4. The van der Waals surface area contributed by atoms with Crippen molar-refractivity contribution in [1.82, 2.24) is 15.1 Å². The van der Waals surface area contributed by atoms with Crippen LogP contribution >= 0.6 is 0 Å². The number of carboxylic acid groups (broad SMARTS) is 1. The molecule has 1 aliphatic heterocycles. The minimum absolute atomic E-state index is 0.0513. The number of carbonyl (C=O) groups is 4. The molecular weight excluding hydrogens is 532 g/mol. The molecule has 1 saturated heterocycles. The van der Waals surface area contributed by atoms with Gasteiger partial charge in [-0.2, -0.15) is 9.28 Å². The van der Waals surface area contributed by atoms with Crippen LogP contribution < -0.4 is 5.32 Å². The molecule has 42 heavy (non-hydrogen) atoms. The Labute approximate surface area is 249 Å². The summed E-state index contributed by atoms with van der Waals surface area (Å²) in [4.78, 5) is 58.0. The van der Waals surface area contributed by atoms with Crippen LogP contribution in [0, 0.1) is 11.8 Å². The van der Waals surface area contributed by atoms with Crippen molar-refractivity contribution in [3.8, 4) is 0 Å². The summed E-state index contributed by atoms with van der Waals surface area (Å²) in [7, 11) is 5.24. The van der Waals surface area contributed by atoms with Crippen molar-refractivity contribution in [3.05, 3.63) is 70.8 Å². The number of rotatable bonds is 11. The van der Waals surface area contributed by atoms with Crippen molar-refractivity contribution in [3.63, 3.8) is 0 Å². The Morgan fingerprint density at radius 1 is 1.02 bits per heavy atom. The molecule has 226 valence electrons. The molecule has 1 unspecified atom stereocenters. The zero-order valence-electron chi connectivity index (χ0n) is 25.5. The predicted octanol–water partition coefficient (Wildman–Crippen LogP) is 3.95. The molecule has 4 rings (SSSR count). The van der Waals surface area contributed by atoms with Gasteiger partial charge in [0.2, 0.25) is 11.8 Å². The Morgan fingerprint density at radius 2 is 1.62 bits per heavy atom. The van der Waals surface area contributed by atoms with Gasteiger partial charge in [-0.15, -0.1) is 0 Å². The Kier molecular flexibility index (Phi) is 9.84. The number of hydrogen-bond donors (Lipinski definition) is 2. The Hall–Kier alpha value is -3.56. The molecule has 9 heteroatoms. The molecule has 2 aromatic carbocycles. The van der Waals surface area contributed by atoms with E-state index in [0.29, 0.717) is 31.4 Å². The standard InChI is InChI=1S/C33H44N4O5/c1-6-22(7-2)29-30(38)34-28(26-19-23-13-8-9-14-24(23)20-26)31(39)36(29)21-25-15-10-11-16-27(25)32(40)37(5,33(41)42)18-12-17-35(3)4/h8-11,13-16,22,26,28-29H,6-7,12,17-21H2,1-5H3,(H-,34,38,41,42)/p+1/t28-,29-,37?/m1/s1. The average molecular weight is 578 g/mol. The van der Waals surface area contributed by atoms with Crippen molar-refractivity contribution >= 4 is 23.8 Å². The van der Waals surface area contributed by atoms with Gasteiger partial charge in [-0.1, -0.05) is 69.2 Å². The minimum Gasteiger partial charge on any atom is -0.435 e. The van der Waals surface area contributed by atoms with Crippen LogP contribution in [-0.2, 0) is 29.0 Å². The highest BCUT2D eigenvalue weighted by molar-refractivity contribution is 5.98. The van der Waals surface area contributed by atoms with Crippen molar-refractivity contribution in [2.75, 3.05) is 34.2 Å². The predicted molar refractivity (Wildman–Crippen MR) is 161 cm³/mol. The highest BCUT2D eigenvalue weighted by Gasteiger charge is 2.48. The van der Waals surface area contributed by atoms with Gasteiger partial charge in [0.1, 0.15) is 12.1 Å². The second-order valence-corrected chi connectivity index (χ2v) is 12.2. The van der Waals surface area contributed by atoms with Gasteiger partial charge >= 0.3 is 12.0 Å². The SMILES string of the molecule is CCC(CC)[C@@H]1C(=O)N[C@H](C2Cc3ccccc3C2)C(=O)N1Cc1ccccc1C(=O)[N+](C)(CCCN(C)C)C(=O)O. The van der Waals surface area contributed by atoms with Gasteiger partial charge in [-0.3, -0.25) is 9.59 Å². The van der Waals surface area contributed by atoms with Gasteiger partial charge in [0, 0.05) is 19.5 Å². The molecule has 0 bridgehead atoms. The summed E-state index contributed by atoms with van der Waals surface area (Å²) < 4.78 is -0.793. The summed E-state index contributed by atoms with van der Waals surface area (Å²) in [6.07, 6.45) is 2.17. The normalized spacial score (nSPS) is 20.5. The topological polar surface area (TPSA) is 107 Å². The second-order valence-electron chi connectivity index (χ2n) is 12.2. The van der Waals surface area contributed by atoms with Crippen LogP contribution in [0.3, 0.4) is 0 Å². The summed E-state index contributed by atoms with van der Waals surface area (Å²) in [5.74, 6) is -0.947. The molecule has 1 fully saturated rings. The average Bonchev–Trinajstić information content (AvgIpc) is 3.40. The summed E-state index contributed by atoms with van der Waals surface area (Å²) in [5.41, 5.74) is 3.22. The van der Waals surface area contributed by atoms with Crippen LogP contribution in [0.2, 0.25) is 0 Å². The molecule has 0 saturated carbocycles. The van der Waals surface area contributed by atoms with Crippen LogP contribution in [0.25, 0.3) is 0 Å². The van der Waals surface area contributed by atoms with Gasteiger partial charge in [0.25, 0.3) is 0 Å². The quantitative estimate of drug-likeness (QED) is 0.392.